The number of rotatable bonds is 7. The molecule has 2 N–H and O–H groups in total. The van der Waals surface area contributed by atoms with E-state index in [4.69, 9.17) is 4.74 Å². The van der Waals surface area contributed by atoms with E-state index >= 15 is 0 Å². The number of ether oxygens (including phenoxy) is 1. The van der Waals surface area contributed by atoms with Gasteiger partial charge in [0.2, 0.25) is 6.10 Å². The van der Waals surface area contributed by atoms with Crippen molar-refractivity contribution in [2.45, 2.75) is 18.8 Å². The normalized spacial score (nSPS) is 11.9. The van der Waals surface area contributed by atoms with Crippen LogP contribution in [0.2, 0.25) is 0 Å². The van der Waals surface area contributed by atoms with E-state index in [0.717, 1.165) is 6.26 Å². The summed E-state index contributed by atoms with van der Waals surface area (Å²) in [5.74, 6) is -1.72. The Labute approximate surface area is 169 Å². The highest BCUT2D eigenvalue weighted by molar-refractivity contribution is 7.89. The second-order valence-electron chi connectivity index (χ2n) is 6.31. The zero-order valence-corrected chi connectivity index (χ0v) is 16.9. The summed E-state index contributed by atoms with van der Waals surface area (Å²) in [5, 5.41) is 4.57. The van der Waals surface area contributed by atoms with Gasteiger partial charge < -0.3 is 10.1 Å². The van der Waals surface area contributed by atoms with Gasteiger partial charge in [-0.05, 0) is 24.6 Å². The molecule has 3 amide bonds. The molecule has 2 rings (SSSR count). The van der Waals surface area contributed by atoms with Gasteiger partial charge in [-0.25, -0.2) is 18.0 Å². The predicted molar refractivity (Wildman–Crippen MR) is 107 cm³/mol. The van der Waals surface area contributed by atoms with Crippen LogP contribution < -0.4 is 10.6 Å². The van der Waals surface area contributed by atoms with Crippen molar-refractivity contribution in [3.05, 3.63) is 71.3 Å². The lowest BCUT2D eigenvalue weighted by Crippen LogP contribution is -2.42. The molecule has 0 aliphatic rings. The Kier molecular flexibility index (Phi) is 7.49. The van der Waals surface area contributed by atoms with Crippen LogP contribution in [0.3, 0.4) is 0 Å². The first-order valence-corrected chi connectivity index (χ1v) is 10.9. The largest absolute Gasteiger partial charge is 0.444 e. The molecule has 9 heteroatoms. The number of urea groups is 1. The second-order valence-corrected chi connectivity index (χ2v) is 8.45. The van der Waals surface area contributed by atoms with Crippen LogP contribution >= 0.6 is 0 Å². The van der Waals surface area contributed by atoms with Gasteiger partial charge in [-0.2, -0.15) is 0 Å². The Hall–Kier alpha value is -3.20. The number of amides is 3. The third-order valence-corrected chi connectivity index (χ3v) is 4.62. The highest BCUT2D eigenvalue weighted by Crippen LogP contribution is 2.20. The third kappa shape index (κ3) is 7.04. The molecule has 0 aliphatic heterocycles. The number of hydrogen-bond acceptors (Lipinski definition) is 6. The molecule has 0 spiro atoms. The second kappa shape index (κ2) is 9.83. The van der Waals surface area contributed by atoms with Crippen LogP contribution in [-0.4, -0.2) is 39.1 Å². The van der Waals surface area contributed by atoms with Gasteiger partial charge in [0.05, 0.1) is 11.3 Å². The van der Waals surface area contributed by atoms with Crippen LogP contribution in [0.25, 0.3) is 0 Å². The summed E-state index contributed by atoms with van der Waals surface area (Å²) in [5.41, 5.74) is 1.07. The van der Waals surface area contributed by atoms with Crippen molar-refractivity contribution in [3.8, 4) is 0 Å². The minimum atomic E-state index is -3.20. The molecule has 0 saturated carbocycles. The van der Waals surface area contributed by atoms with E-state index in [2.05, 4.69) is 10.6 Å². The van der Waals surface area contributed by atoms with Crippen molar-refractivity contribution in [2.75, 3.05) is 12.8 Å². The van der Waals surface area contributed by atoms with Gasteiger partial charge in [-0.3, -0.25) is 10.1 Å². The standard InChI is InChI=1S/C20H22N2O6S/c1-3-21-20(25)22-18(23)17(15-7-5-4-6-8-15)28-19(24)16-11-9-14(10-12-16)13-29(2,26)27/h4-12,17H,3,13H2,1-2H3,(H2,21,22,23,25). The number of imide groups is 1. The molecule has 1 atom stereocenters. The molecule has 0 aliphatic carbocycles. The summed E-state index contributed by atoms with van der Waals surface area (Å²) in [6.07, 6.45) is -0.213. The zero-order valence-electron chi connectivity index (χ0n) is 16.0. The highest BCUT2D eigenvalue weighted by Gasteiger charge is 2.27. The molecule has 0 heterocycles. The molecule has 1 unspecified atom stereocenters. The highest BCUT2D eigenvalue weighted by atomic mass is 32.2. The number of carbonyl (C=O) groups excluding carboxylic acids is 3. The third-order valence-electron chi connectivity index (χ3n) is 3.76. The SMILES string of the molecule is CCNC(=O)NC(=O)C(OC(=O)c1ccc(CS(C)(=O)=O)cc1)c1ccccc1. The molecule has 0 aromatic heterocycles. The van der Waals surface area contributed by atoms with Crippen LogP contribution in [0, 0.1) is 0 Å². The van der Waals surface area contributed by atoms with E-state index in [1.165, 1.54) is 24.3 Å². The molecule has 0 fully saturated rings. The fourth-order valence-corrected chi connectivity index (χ4v) is 3.30. The van der Waals surface area contributed by atoms with Crippen LogP contribution in [-0.2, 0) is 25.1 Å². The maximum atomic E-state index is 12.5. The molecular formula is C20H22N2O6S. The first-order chi connectivity index (χ1) is 13.7. The smallest absolute Gasteiger partial charge is 0.339 e. The average Bonchev–Trinajstić information content (AvgIpc) is 2.66. The van der Waals surface area contributed by atoms with Gasteiger partial charge in [-0.1, -0.05) is 42.5 Å². The molecule has 0 bridgehead atoms. The van der Waals surface area contributed by atoms with Crippen molar-refractivity contribution in [1.29, 1.82) is 0 Å². The van der Waals surface area contributed by atoms with Crippen LogP contribution in [0.5, 0.6) is 0 Å². The number of nitrogens with one attached hydrogen (secondary N) is 2. The maximum Gasteiger partial charge on any atom is 0.339 e. The first kappa shape index (κ1) is 22.1. The topological polar surface area (TPSA) is 119 Å². The minimum absolute atomic E-state index is 0.147. The van der Waals surface area contributed by atoms with Gasteiger partial charge in [0.15, 0.2) is 9.84 Å². The quantitative estimate of drug-likeness (QED) is 0.664. The number of hydrogen-bond donors (Lipinski definition) is 2. The van der Waals surface area contributed by atoms with Crippen LogP contribution in [0.15, 0.2) is 54.6 Å². The Morgan fingerprint density at radius 2 is 1.62 bits per heavy atom. The Bertz CT molecular complexity index is 972. The minimum Gasteiger partial charge on any atom is -0.444 e. The first-order valence-electron chi connectivity index (χ1n) is 8.81. The van der Waals surface area contributed by atoms with E-state index < -0.39 is 33.8 Å². The van der Waals surface area contributed by atoms with Crippen LogP contribution in [0.1, 0.15) is 34.5 Å². The molecular weight excluding hydrogens is 396 g/mol. The molecule has 0 saturated heterocycles. The number of benzene rings is 2. The summed E-state index contributed by atoms with van der Waals surface area (Å²) in [6.45, 7) is 2.03. The molecule has 154 valence electrons. The summed E-state index contributed by atoms with van der Waals surface area (Å²) in [4.78, 5) is 36.7. The summed E-state index contributed by atoms with van der Waals surface area (Å²) >= 11 is 0. The van der Waals surface area contributed by atoms with Gasteiger partial charge >= 0.3 is 12.0 Å². The molecule has 0 radical (unpaired) electrons. The van der Waals surface area contributed by atoms with E-state index in [0.29, 0.717) is 17.7 Å². The van der Waals surface area contributed by atoms with Gasteiger partial charge in [0.1, 0.15) is 0 Å². The van der Waals surface area contributed by atoms with Crippen molar-refractivity contribution in [1.82, 2.24) is 10.6 Å². The molecule has 2 aromatic carbocycles. The lowest BCUT2D eigenvalue weighted by Gasteiger charge is -2.18. The number of esters is 1. The van der Waals surface area contributed by atoms with E-state index in [1.54, 1.807) is 37.3 Å². The lowest BCUT2D eigenvalue weighted by molar-refractivity contribution is -0.129. The lowest BCUT2D eigenvalue weighted by atomic mass is 10.1. The van der Waals surface area contributed by atoms with Crippen LogP contribution in [0.4, 0.5) is 4.79 Å². The number of sulfone groups is 1. The predicted octanol–water partition coefficient (Wildman–Crippen LogP) is 1.97. The zero-order chi connectivity index (χ0) is 21.4. The van der Waals surface area contributed by atoms with Gasteiger partial charge in [0, 0.05) is 18.4 Å². The Balaban J connectivity index is 2.18. The maximum absolute atomic E-state index is 12.5. The van der Waals surface area contributed by atoms with Crippen molar-refractivity contribution in [2.24, 2.45) is 0 Å². The van der Waals surface area contributed by atoms with Gasteiger partial charge in [0.25, 0.3) is 5.91 Å². The van der Waals surface area contributed by atoms with Gasteiger partial charge in [-0.15, -0.1) is 0 Å². The summed E-state index contributed by atoms with van der Waals surface area (Å²) in [7, 11) is -3.20. The molecule has 8 nitrogen and oxygen atoms in total. The Morgan fingerprint density at radius 3 is 2.17 bits per heavy atom. The fourth-order valence-electron chi connectivity index (χ4n) is 2.50. The van der Waals surface area contributed by atoms with E-state index in [1.807, 2.05) is 0 Å². The molecule has 2 aromatic rings. The monoisotopic (exact) mass is 418 g/mol. The number of carbonyl (C=O) groups is 3. The summed E-state index contributed by atoms with van der Waals surface area (Å²) < 4.78 is 28.1. The Morgan fingerprint density at radius 1 is 1.00 bits per heavy atom. The van der Waals surface area contributed by atoms with Crippen molar-refractivity contribution in [3.63, 3.8) is 0 Å². The summed E-state index contributed by atoms with van der Waals surface area (Å²) in [6, 6.07) is 13.5. The van der Waals surface area contributed by atoms with E-state index in [9.17, 15) is 22.8 Å². The molecule has 29 heavy (non-hydrogen) atoms. The average molecular weight is 418 g/mol. The fraction of sp³-hybridized carbons (Fsp3) is 0.250. The van der Waals surface area contributed by atoms with E-state index in [-0.39, 0.29) is 11.3 Å². The van der Waals surface area contributed by atoms with Crippen molar-refractivity contribution < 1.29 is 27.5 Å². The van der Waals surface area contributed by atoms with Crippen molar-refractivity contribution >= 4 is 27.7 Å².